The van der Waals surface area contributed by atoms with E-state index in [-0.39, 0.29) is 5.91 Å². The summed E-state index contributed by atoms with van der Waals surface area (Å²) < 4.78 is 0. The summed E-state index contributed by atoms with van der Waals surface area (Å²) >= 11 is 0. The minimum Gasteiger partial charge on any atom is -0.370 e. The van der Waals surface area contributed by atoms with Crippen molar-refractivity contribution in [2.75, 3.05) is 18.4 Å². The number of carbonyl (C=O) groups is 1. The Labute approximate surface area is 157 Å². The fourth-order valence-corrected chi connectivity index (χ4v) is 3.72. The van der Waals surface area contributed by atoms with Gasteiger partial charge in [-0.05, 0) is 76.3 Å². The van der Waals surface area contributed by atoms with Crippen molar-refractivity contribution in [2.45, 2.75) is 64.2 Å². The van der Waals surface area contributed by atoms with Crippen molar-refractivity contribution >= 4 is 11.7 Å². The predicted molar refractivity (Wildman–Crippen MR) is 107 cm³/mol. The monoisotopic (exact) mass is 353 g/mol. The van der Waals surface area contributed by atoms with E-state index in [0.29, 0.717) is 12.1 Å². The van der Waals surface area contributed by atoms with E-state index in [4.69, 9.17) is 0 Å². The maximum absolute atomic E-state index is 12.4. The Morgan fingerprint density at radius 3 is 2.31 bits per heavy atom. The molecule has 1 aromatic heterocycles. The zero-order valence-electron chi connectivity index (χ0n) is 15.7. The minimum atomic E-state index is -0.0122. The number of aromatic nitrogens is 1. The largest absolute Gasteiger partial charge is 0.370 e. The van der Waals surface area contributed by atoms with Crippen LogP contribution in [0.3, 0.4) is 0 Å². The molecule has 0 spiro atoms. The number of pyridine rings is 1. The van der Waals surface area contributed by atoms with Crippen molar-refractivity contribution in [1.82, 2.24) is 10.3 Å². The molecule has 2 N–H and O–H groups in total. The third-order valence-corrected chi connectivity index (χ3v) is 5.28. The number of amides is 1. The topological polar surface area (TPSA) is 54.0 Å². The first-order valence-corrected chi connectivity index (χ1v) is 10.2. The second-order valence-corrected chi connectivity index (χ2v) is 7.33. The van der Waals surface area contributed by atoms with Crippen LogP contribution in [-0.2, 0) is 0 Å². The third-order valence-electron chi connectivity index (χ3n) is 5.28. The van der Waals surface area contributed by atoms with Gasteiger partial charge in [-0.25, -0.2) is 4.98 Å². The molecule has 0 aliphatic heterocycles. The lowest BCUT2D eigenvalue weighted by Gasteiger charge is -2.14. The minimum absolute atomic E-state index is 0.0122. The van der Waals surface area contributed by atoms with Crippen LogP contribution in [0.1, 0.15) is 74.6 Å². The molecule has 0 saturated heterocycles. The molecule has 2 aliphatic rings. The number of rotatable bonds is 8. The Hall–Kier alpha value is -2.10. The van der Waals surface area contributed by atoms with E-state index in [0.717, 1.165) is 25.2 Å². The summed E-state index contributed by atoms with van der Waals surface area (Å²) in [6.07, 6.45) is 18.5. The molecule has 0 fully saturated rings. The SMILES string of the molecule is O=C(NCCC1=CCCCC1)c1ccnc(NCCC2=CCCCC2)c1. The van der Waals surface area contributed by atoms with Gasteiger partial charge >= 0.3 is 0 Å². The van der Waals surface area contributed by atoms with Crippen LogP contribution in [0.15, 0.2) is 41.6 Å². The normalized spacial score (nSPS) is 17.2. The Bertz CT molecular complexity index is 663. The highest BCUT2D eigenvalue weighted by Crippen LogP contribution is 2.20. The van der Waals surface area contributed by atoms with Crippen molar-refractivity contribution < 1.29 is 4.79 Å². The van der Waals surface area contributed by atoms with Gasteiger partial charge in [-0.15, -0.1) is 0 Å². The molecule has 0 radical (unpaired) electrons. The van der Waals surface area contributed by atoms with Crippen LogP contribution >= 0.6 is 0 Å². The van der Waals surface area contributed by atoms with Gasteiger partial charge in [0.15, 0.2) is 0 Å². The molecular weight excluding hydrogens is 322 g/mol. The molecule has 3 rings (SSSR count). The van der Waals surface area contributed by atoms with E-state index in [2.05, 4.69) is 27.8 Å². The lowest BCUT2D eigenvalue weighted by molar-refractivity contribution is 0.0954. The Balaban J connectivity index is 1.42. The van der Waals surface area contributed by atoms with Gasteiger partial charge in [0, 0.05) is 24.8 Å². The highest BCUT2D eigenvalue weighted by atomic mass is 16.1. The predicted octanol–water partition coefficient (Wildman–Crippen LogP) is 5.00. The molecule has 1 aromatic rings. The Kier molecular flexibility index (Phi) is 7.29. The van der Waals surface area contributed by atoms with Gasteiger partial charge < -0.3 is 10.6 Å². The summed E-state index contributed by atoms with van der Waals surface area (Å²) in [5.41, 5.74) is 3.72. The van der Waals surface area contributed by atoms with E-state index in [9.17, 15) is 4.79 Å². The molecule has 0 aromatic carbocycles. The second kappa shape index (κ2) is 10.1. The highest BCUT2D eigenvalue weighted by Gasteiger charge is 2.09. The third kappa shape index (κ3) is 6.01. The van der Waals surface area contributed by atoms with E-state index in [1.807, 2.05) is 6.07 Å². The first kappa shape index (κ1) is 18.7. The highest BCUT2D eigenvalue weighted by molar-refractivity contribution is 5.94. The van der Waals surface area contributed by atoms with Gasteiger partial charge in [-0.2, -0.15) is 0 Å². The smallest absolute Gasteiger partial charge is 0.251 e. The lowest BCUT2D eigenvalue weighted by Crippen LogP contribution is -2.25. The van der Waals surface area contributed by atoms with E-state index in [1.54, 1.807) is 17.8 Å². The standard InChI is InChI=1S/C22H31N3O/c26-22(25-15-12-19-9-5-2-6-10-19)20-13-16-24-21(17-20)23-14-11-18-7-3-1-4-8-18/h7,9,13,16-17H,1-6,8,10-12,14-15H2,(H,23,24)(H,25,26). The summed E-state index contributed by atoms with van der Waals surface area (Å²) in [6.45, 7) is 1.59. The van der Waals surface area contributed by atoms with Crippen molar-refractivity contribution in [3.63, 3.8) is 0 Å². The zero-order valence-corrected chi connectivity index (χ0v) is 15.7. The summed E-state index contributed by atoms with van der Waals surface area (Å²) in [5.74, 6) is 0.769. The average Bonchev–Trinajstić information content (AvgIpc) is 2.70. The van der Waals surface area contributed by atoms with Gasteiger partial charge in [0.25, 0.3) is 5.91 Å². The first-order valence-electron chi connectivity index (χ1n) is 10.2. The average molecular weight is 354 g/mol. The van der Waals surface area contributed by atoms with Crippen LogP contribution in [0.4, 0.5) is 5.82 Å². The molecule has 4 nitrogen and oxygen atoms in total. The van der Waals surface area contributed by atoms with Crippen molar-refractivity contribution in [1.29, 1.82) is 0 Å². The molecule has 2 aliphatic carbocycles. The van der Waals surface area contributed by atoms with Gasteiger partial charge in [0.2, 0.25) is 0 Å². The summed E-state index contributed by atoms with van der Waals surface area (Å²) in [4.78, 5) is 16.7. The van der Waals surface area contributed by atoms with Crippen LogP contribution in [0.25, 0.3) is 0 Å². The second-order valence-electron chi connectivity index (χ2n) is 7.33. The van der Waals surface area contributed by atoms with Gasteiger partial charge in [0.1, 0.15) is 5.82 Å². The van der Waals surface area contributed by atoms with E-state index < -0.39 is 0 Å². The number of carbonyl (C=O) groups excluding carboxylic acids is 1. The molecule has 140 valence electrons. The molecule has 0 unspecified atom stereocenters. The molecule has 1 amide bonds. The lowest BCUT2D eigenvalue weighted by atomic mass is 9.97. The van der Waals surface area contributed by atoms with Crippen molar-refractivity contribution in [2.24, 2.45) is 0 Å². The number of nitrogens with one attached hydrogen (secondary N) is 2. The van der Waals surface area contributed by atoms with Crippen molar-refractivity contribution in [3.05, 3.63) is 47.2 Å². The molecule has 4 heteroatoms. The quantitative estimate of drug-likeness (QED) is 0.646. The van der Waals surface area contributed by atoms with Crippen LogP contribution in [0, 0.1) is 0 Å². The summed E-state index contributed by atoms with van der Waals surface area (Å²) in [7, 11) is 0. The molecule has 0 bridgehead atoms. The summed E-state index contributed by atoms with van der Waals surface area (Å²) in [6, 6.07) is 3.63. The first-order chi connectivity index (χ1) is 12.8. The van der Waals surface area contributed by atoms with E-state index >= 15 is 0 Å². The molecule has 0 atom stereocenters. The Morgan fingerprint density at radius 2 is 1.65 bits per heavy atom. The van der Waals surface area contributed by atoms with Crippen LogP contribution < -0.4 is 10.6 Å². The number of anilines is 1. The van der Waals surface area contributed by atoms with E-state index in [1.165, 1.54) is 56.9 Å². The fraction of sp³-hybridized carbons (Fsp3) is 0.545. The van der Waals surface area contributed by atoms with Crippen LogP contribution in [-0.4, -0.2) is 24.0 Å². The number of nitrogens with zero attached hydrogens (tertiary/aromatic N) is 1. The van der Waals surface area contributed by atoms with Crippen molar-refractivity contribution in [3.8, 4) is 0 Å². The fourth-order valence-electron chi connectivity index (χ4n) is 3.72. The van der Waals surface area contributed by atoms with Gasteiger partial charge in [-0.3, -0.25) is 4.79 Å². The summed E-state index contributed by atoms with van der Waals surface area (Å²) in [5, 5.41) is 6.39. The molecule has 0 saturated carbocycles. The number of hydrogen-bond donors (Lipinski definition) is 2. The van der Waals surface area contributed by atoms with Gasteiger partial charge in [-0.1, -0.05) is 23.3 Å². The van der Waals surface area contributed by atoms with Crippen LogP contribution in [0.5, 0.6) is 0 Å². The molecule has 26 heavy (non-hydrogen) atoms. The van der Waals surface area contributed by atoms with Gasteiger partial charge in [0.05, 0.1) is 0 Å². The maximum Gasteiger partial charge on any atom is 0.251 e. The Morgan fingerprint density at radius 1 is 0.962 bits per heavy atom. The number of allylic oxidation sites excluding steroid dienone is 2. The maximum atomic E-state index is 12.4. The van der Waals surface area contributed by atoms with Crippen LogP contribution in [0.2, 0.25) is 0 Å². The number of hydrogen-bond acceptors (Lipinski definition) is 3. The molecule has 1 heterocycles. The zero-order chi connectivity index (χ0) is 18.0. The molecular formula is C22H31N3O.